The van der Waals surface area contributed by atoms with Crippen LogP contribution in [-0.4, -0.2) is 26.4 Å². The Morgan fingerprint density at radius 2 is 1.47 bits per heavy atom. The number of aromatic hydroxyl groups is 1. The minimum Gasteiger partial charge on any atom is -0.507 e. The van der Waals surface area contributed by atoms with E-state index in [2.05, 4.69) is 0 Å². The van der Waals surface area contributed by atoms with Gasteiger partial charge in [-0.25, -0.2) is 0 Å². The molecule has 0 aliphatic heterocycles. The van der Waals surface area contributed by atoms with Crippen LogP contribution in [0.3, 0.4) is 0 Å². The van der Waals surface area contributed by atoms with E-state index in [9.17, 15) is 5.11 Å². The number of benzene rings is 1. The van der Waals surface area contributed by atoms with E-state index in [1.54, 1.807) is 21.3 Å². The first kappa shape index (κ1) is 14.0. The fourth-order valence-electron chi connectivity index (χ4n) is 1.83. The molecule has 4 heteroatoms. The molecule has 0 aromatic heterocycles. The van der Waals surface area contributed by atoms with E-state index < -0.39 is 0 Å². The minimum absolute atomic E-state index is 0.272. The fourth-order valence-corrected chi connectivity index (χ4v) is 1.83. The highest BCUT2D eigenvalue weighted by Crippen LogP contribution is 2.30. The molecule has 0 bridgehead atoms. The second kappa shape index (κ2) is 6.59. The van der Waals surface area contributed by atoms with E-state index in [1.165, 1.54) is 0 Å². The summed E-state index contributed by atoms with van der Waals surface area (Å²) in [5.74, 6) is 0.272. The molecular formula is C13H20O4. The number of rotatable bonds is 6. The van der Waals surface area contributed by atoms with Gasteiger partial charge in [-0.1, -0.05) is 6.07 Å². The van der Waals surface area contributed by atoms with Gasteiger partial charge in [-0.2, -0.15) is 0 Å². The maximum atomic E-state index is 10.2. The van der Waals surface area contributed by atoms with Crippen molar-refractivity contribution in [1.82, 2.24) is 0 Å². The normalized spacial score (nSPS) is 10.8. The number of phenols is 1. The molecule has 0 amide bonds. The quantitative estimate of drug-likeness (QED) is 0.827. The first-order valence-electron chi connectivity index (χ1n) is 5.45. The van der Waals surface area contributed by atoms with Crippen LogP contribution in [0, 0.1) is 6.92 Å². The van der Waals surface area contributed by atoms with Gasteiger partial charge >= 0.3 is 0 Å². The number of phenolic OH excluding ortho intramolecular Hbond substituents is 1. The van der Waals surface area contributed by atoms with Crippen LogP contribution in [0.25, 0.3) is 0 Å². The molecule has 0 fully saturated rings. The molecule has 0 atom stereocenters. The third-order valence-electron chi connectivity index (χ3n) is 2.75. The van der Waals surface area contributed by atoms with Crippen LogP contribution >= 0.6 is 0 Å². The highest BCUT2D eigenvalue weighted by Gasteiger charge is 2.14. The summed E-state index contributed by atoms with van der Waals surface area (Å²) in [6, 6.07) is 2.00. The molecule has 1 rings (SSSR count). The average Bonchev–Trinajstić information content (AvgIpc) is 2.31. The zero-order chi connectivity index (χ0) is 12.8. The Labute approximate surface area is 102 Å². The Hall–Kier alpha value is -1.10. The van der Waals surface area contributed by atoms with Crippen molar-refractivity contribution in [3.05, 3.63) is 28.3 Å². The fraction of sp³-hybridized carbons (Fsp3) is 0.538. The Morgan fingerprint density at radius 1 is 0.941 bits per heavy atom. The second-order valence-electron chi connectivity index (χ2n) is 3.95. The third-order valence-corrected chi connectivity index (χ3v) is 2.75. The predicted molar refractivity (Wildman–Crippen MR) is 65.0 cm³/mol. The van der Waals surface area contributed by atoms with Crippen molar-refractivity contribution in [2.24, 2.45) is 0 Å². The monoisotopic (exact) mass is 240 g/mol. The SMILES string of the molecule is COCc1cc(COC)c(COC)c(O)c1C. The van der Waals surface area contributed by atoms with Gasteiger partial charge in [-0.3, -0.25) is 0 Å². The molecule has 1 aromatic carbocycles. The van der Waals surface area contributed by atoms with Gasteiger partial charge in [0, 0.05) is 26.9 Å². The Kier molecular flexibility index (Phi) is 5.41. The molecule has 1 N–H and O–H groups in total. The Balaban J connectivity index is 3.23. The van der Waals surface area contributed by atoms with Gasteiger partial charge in [0.1, 0.15) is 5.75 Å². The molecule has 0 unspecified atom stereocenters. The topological polar surface area (TPSA) is 47.9 Å². The van der Waals surface area contributed by atoms with Crippen LogP contribution in [-0.2, 0) is 34.0 Å². The standard InChI is InChI=1S/C13H20O4/c1-9-10(6-15-2)5-11(7-16-3)12(8-17-4)13(9)14/h5,14H,6-8H2,1-4H3. The molecule has 0 saturated heterocycles. The highest BCUT2D eigenvalue weighted by molar-refractivity contribution is 5.49. The van der Waals surface area contributed by atoms with E-state index >= 15 is 0 Å². The highest BCUT2D eigenvalue weighted by atomic mass is 16.5. The van der Waals surface area contributed by atoms with Crippen LogP contribution in [0.1, 0.15) is 22.3 Å². The van der Waals surface area contributed by atoms with Gasteiger partial charge in [-0.15, -0.1) is 0 Å². The van der Waals surface area contributed by atoms with Crippen molar-refractivity contribution in [2.45, 2.75) is 26.7 Å². The lowest BCUT2D eigenvalue weighted by atomic mass is 9.98. The lowest BCUT2D eigenvalue weighted by Crippen LogP contribution is -2.03. The van der Waals surface area contributed by atoms with Crippen molar-refractivity contribution in [1.29, 1.82) is 0 Å². The first-order chi connectivity index (χ1) is 8.15. The molecule has 17 heavy (non-hydrogen) atoms. The van der Waals surface area contributed by atoms with Crippen molar-refractivity contribution < 1.29 is 19.3 Å². The van der Waals surface area contributed by atoms with Crippen LogP contribution < -0.4 is 0 Å². The van der Waals surface area contributed by atoms with E-state index in [-0.39, 0.29) is 5.75 Å². The van der Waals surface area contributed by atoms with Gasteiger partial charge in [0.15, 0.2) is 0 Å². The number of ether oxygens (including phenoxy) is 3. The van der Waals surface area contributed by atoms with Crippen molar-refractivity contribution in [3.63, 3.8) is 0 Å². The molecule has 1 aromatic rings. The summed E-state index contributed by atoms with van der Waals surface area (Å²) in [7, 11) is 4.87. The lowest BCUT2D eigenvalue weighted by Gasteiger charge is -2.16. The Morgan fingerprint density at radius 3 is 2.00 bits per heavy atom. The smallest absolute Gasteiger partial charge is 0.124 e. The first-order valence-corrected chi connectivity index (χ1v) is 5.45. The summed E-state index contributed by atoms with van der Waals surface area (Å²) >= 11 is 0. The average molecular weight is 240 g/mol. The summed E-state index contributed by atoms with van der Waals surface area (Å²) < 4.78 is 15.4. The molecule has 0 saturated carbocycles. The Bertz CT molecular complexity index is 374. The van der Waals surface area contributed by atoms with Gasteiger partial charge in [-0.05, 0) is 23.6 Å². The van der Waals surface area contributed by atoms with E-state index in [0.29, 0.717) is 19.8 Å². The second-order valence-corrected chi connectivity index (χ2v) is 3.95. The van der Waals surface area contributed by atoms with Crippen LogP contribution in [0.5, 0.6) is 5.75 Å². The maximum absolute atomic E-state index is 10.2. The van der Waals surface area contributed by atoms with Crippen molar-refractivity contribution in [2.75, 3.05) is 21.3 Å². The van der Waals surface area contributed by atoms with E-state index in [4.69, 9.17) is 14.2 Å². The summed E-state index contributed by atoms with van der Waals surface area (Å²) in [5.41, 5.74) is 3.52. The third kappa shape index (κ3) is 3.19. The molecule has 0 aliphatic rings. The molecule has 0 aliphatic carbocycles. The largest absolute Gasteiger partial charge is 0.507 e. The molecule has 4 nitrogen and oxygen atoms in total. The van der Waals surface area contributed by atoms with Crippen LogP contribution in [0.2, 0.25) is 0 Å². The summed E-state index contributed by atoms with van der Waals surface area (Å²) in [4.78, 5) is 0. The zero-order valence-corrected chi connectivity index (χ0v) is 10.9. The molecular weight excluding hydrogens is 220 g/mol. The van der Waals surface area contributed by atoms with Crippen LogP contribution in [0.4, 0.5) is 0 Å². The van der Waals surface area contributed by atoms with Gasteiger partial charge in [0.25, 0.3) is 0 Å². The molecule has 0 spiro atoms. The number of hydrogen-bond acceptors (Lipinski definition) is 4. The van der Waals surface area contributed by atoms with Gasteiger partial charge < -0.3 is 19.3 Å². The minimum atomic E-state index is 0.272. The maximum Gasteiger partial charge on any atom is 0.124 e. The molecule has 0 radical (unpaired) electrons. The van der Waals surface area contributed by atoms with Gasteiger partial charge in [0.2, 0.25) is 0 Å². The zero-order valence-electron chi connectivity index (χ0n) is 10.9. The van der Waals surface area contributed by atoms with Crippen molar-refractivity contribution >= 4 is 0 Å². The summed E-state index contributed by atoms with van der Waals surface area (Å²) in [6.07, 6.45) is 0. The number of methoxy groups -OCH3 is 3. The van der Waals surface area contributed by atoms with E-state index in [1.807, 2.05) is 13.0 Å². The van der Waals surface area contributed by atoms with Crippen LogP contribution in [0.15, 0.2) is 6.07 Å². The predicted octanol–water partition coefficient (Wildman–Crippen LogP) is 2.14. The lowest BCUT2D eigenvalue weighted by molar-refractivity contribution is 0.164. The molecule has 96 valence electrons. The molecule has 0 heterocycles. The summed E-state index contributed by atoms with van der Waals surface area (Å²) in [5, 5.41) is 10.2. The van der Waals surface area contributed by atoms with E-state index in [0.717, 1.165) is 22.3 Å². The van der Waals surface area contributed by atoms with Crippen molar-refractivity contribution in [3.8, 4) is 5.75 Å². The van der Waals surface area contributed by atoms with Gasteiger partial charge in [0.05, 0.1) is 19.8 Å². The summed E-state index contributed by atoms with van der Waals surface area (Å²) in [6.45, 7) is 3.17. The number of hydrogen-bond donors (Lipinski definition) is 1.